The topological polar surface area (TPSA) is 62.2 Å². The van der Waals surface area contributed by atoms with Gasteiger partial charge in [-0.2, -0.15) is 0 Å². The Morgan fingerprint density at radius 1 is 0.524 bits per heavy atom. The third-order valence-electron chi connectivity index (χ3n) is 7.57. The minimum absolute atomic E-state index is 0.137. The molecular weight excluding hydrogens is 531 g/mol. The van der Waals surface area contributed by atoms with Gasteiger partial charge in [0.05, 0.1) is 0 Å². The van der Waals surface area contributed by atoms with E-state index in [1.54, 1.807) is 0 Å². The van der Waals surface area contributed by atoms with Crippen molar-refractivity contribution < 1.29 is 0 Å². The third-order valence-corrected chi connectivity index (χ3v) is 8.79. The Morgan fingerprint density at radius 3 is 1.86 bits per heavy atom. The quantitative estimate of drug-likeness (QED) is 0.161. The minimum atomic E-state index is 0.137. The van der Waals surface area contributed by atoms with Gasteiger partial charge in [0.15, 0.2) is 5.84 Å². The summed E-state index contributed by atoms with van der Waals surface area (Å²) in [4.78, 5) is 4.45. The maximum absolute atomic E-state index is 8.63. The average Bonchev–Trinajstić information content (AvgIpc) is 3.44. The fraction of sp³-hybridized carbons (Fsp3) is 0. The summed E-state index contributed by atoms with van der Waals surface area (Å²) in [5.41, 5.74) is 14.8. The van der Waals surface area contributed by atoms with E-state index in [1.807, 2.05) is 65.9 Å². The number of nitrogens with zero attached hydrogens (tertiary/aromatic N) is 1. The van der Waals surface area contributed by atoms with Gasteiger partial charge >= 0.3 is 0 Å². The van der Waals surface area contributed by atoms with E-state index >= 15 is 0 Å². The lowest BCUT2D eigenvalue weighted by Gasteiger charge is -2.07. The van der Waals surface area contributed by atoms with Crippen LogP contribution < -0.4 is 5.73 Å². The summed E-state index contributed by atoms with van der Waals surface area (Å²) >= 11 is 1.82. The number of aliphatic imine (C=N–C) groups is 1. The molecule has 200 valence electrons. The molecule has 0 bridgehead atoms. The second kappa shape index (κ2) is 10.9. The second-order valence-corrected chi connectivity index (χ2v) is 11.3. The zero-order valence-corrected chi connectivity index (χ0v) is 23.6. The molecule has 0 aliphatic rings. The van der Waals surface area contributed by atoms with Crippen LogP contribution >= 0.6 is 11.3 Å². The number of amidine groups is 2. The molecule has 1 aromatic heterocycles. The van der Waals surface area contributed by atoms with Gasteiger partial charge in [0.25, 0.3) is 0 Å². The SMILES string of the molecule is N=C(/N=C(\N)c1cccc(-c2ccccc2)c1)c1ccc(-c2cccc3c2sc2ccc(-c4ccccc4)cc23)cc1. The first-order valence-electron chi connectivity index (χ1n) is 13.8. The molecule has 42 heavy (non-hydrogen) atoms. The summed E-state index contributed by atoms with van der Waals surface area (Å²) in [7, 11) is 0. The van der Waals surface area contributed by atoms with Crippen molar-refractivity contribution in [3.05, 3.63) is 157 Å². The van der Waals surface area contributed by atoms with Crippen molar-refractivity contribution in [1.82, 2.24) is 0 Å². The third kappa shape index (κ3) is 4.89. The van der Waals surface area contributed by atoms with Crippen molar-refractivity contribution in [3.63, 3.8) is 0 Å². The number of hydrogen-bond acceptors (Lipinski definition) is 2. The maximum Gasteiger partial charge on any atom is 0.154 e. The summed E-state index contributed by atoms with van der Waals surface area (Å²) in [6, 6.07) is 49.9. The molecule has 0 fully saturated rings. The first-order valence-corrected chi connectivity index (χ1v) is 14.7. The van der Waals surface area contributed by atoms with Crippen LogP contribution in [0, 0.1) is 5.41 Å². The Bertz CT molecular complexity index is 2090. The Morgan fingerprint density at radius 2 is 1.14 bits per heavy atom. The number of nitrogens with two attached hydrogens (primary N) is 1. The van der Waals surface area contributed by atoms with Crippen LogP contribution in [0.5, 0.6) is 0 Å². The van der Waals surface area contributed by atoms with Crippen LogP contribution in [0.1, 0.15) is 11.1 Å². The van der Waals surface area contributed by atoms with Crippen molar-refractivity contribution >= 4 is 43.2 Å². The molecule has 7 rings (SSSR count). The molecular formula is C38H27N3S. The Kier molecular flexibility index (Phi) is 6.67. The van der Waals surface area contributed by atoms with Crippen LogP contribution in [0.3, 0.4) is 0 Å². The van der Waals surface area contributed by atoms with Gasteiger partial charge in [-0.15, -0.1) is 11.3 Å². The van der Waals surface area contributed by atoms with E-state index in [9.17, 15) is 0 Å². The summed E-state index contributed by atoms with van der Waals surface area (Å²) in [6.07, 6.45) is 0. The molecule has 0 amide bonds. The number of thiophene rings is 1. The predicted molar refractivity (Wildman–Crippen MR) is 180 cm³/mol. The first-order chi connectivity index (χ1) is 20.6. The lowest BCUT2D eigenvalue weighted by atomic mass is 9.99. The highest BCUT2D eigenvalue weighted by Gasteiger charge is 2.12. The van der Waals surface area contributed by atoms with Crippen LogP contribution in [-0.2, 0) is 0 Å². The van der Waals surface area contributed by atoms with E-state index in [-0.39, 0.29) is 5.84 Å². The number of hydrogen-bond donors (Lipinski definition) is 2. The maximum atomic E-state index is 8.63. The minimum Gasteiger partial charge on any atom is -0.383 e. The smallest absolute Gasteiger partial charge is 0.154 e. The van der Waals surface area contributed by atoms with Gasteiger partial charge in [-0.25, -0.2) is 4.99 Å². The van der Waals surface area contributed by atoms with Gasteiger partial charge in [-0.3, -0.25) is 5.41 Å². The van der Waals surface area contributed by atoms with Gasteiger partial charge in [-0.05, 0) is 51.6 Å². The second-order valence-electron chi connectivity index (χ2n) is 10.2. The molecule has 0 aliphatic carbocycles. The molecule has 0 atom stereocenters. The number of rotatable bonds is 5. The van der Waals surface area contributed by atoms with E-state index in [2.05, 4.69) is 96.0 Å². The molecule has 0 unspecified atom stereocenters. The predicted octanol–water partition coefficient (Wildman–Crippen LogP) is 9.79. The molecule has 0 saturated carbocycles. The van der Waals surface area contributed by atoms with Gasteiger partial charge < -0.3 is 5.73 Å². The molecule has 7 aromatic rings. The highest BCUT2D eigenvalue weighted by molar-refractivity contribution is 7.26. The van der Waals surface area contributed by atoms with E-state index in [0.29, 0.717) is 5.84 Å². The van der Waals surface area contributed by atoms with Crippen LogP contribution in [0.25, 0.3) is 53.6 Å². The fourth-order valence-electron chi connectivity index (χ4n) is 5.38. The van der Waals surface area contributed by atoms with Crippen molar-refractivity contribution in [3.8, 4) is 33.4 Å². The molecule has 6 aromatic carbocycles. The van der Waals surface area contributed by atoms with Crippen molar-refractivity contribution in [1.29, 1.82) is 5.41 Å². The largest absolute Gasteiger partial charge is 0.383 e. The molecule has 0 saturated heterocycles. The zero-order valence-electron chi connectivity index (χ0n) is 22.8. The normalized spacial score (nSPS) is 11.7. The van der Waals surface area contributed by atoms with Gasteiger partial charge in [0, 0.05) is 31.3 Å². The van der Waals surface area contributed by atoms with E-state index in [1.165, 1.54) is 36.9 Å². The summed E-state index contributed by atoms with van der Waals surface area (Å²) < 4.78 is 2.54. The number of fused-ring (bicyclic) bond motifs is 3. The van der Waals surface area contributed by atoms with Crippen molar-refractivity contribution in [2.75, 3.05) is 0 Å². The van der Waals surface area contributed by atoms with Crippen LogP contribution in [0.15, 0.2) is 151 Å². The monoisotopic (exact) mass is 557 g/mol. The molecule has 0 radical (unpaired) electrons. The highest BCUT2D eigenvalue weighted by Crippen LogP contribution is 2.41. The summed E-state index contributed by atoms with van der Waals surface area (Å²) in [5.74, 6) is 0.462. The van der Waals surface area contributed by atoms with Crippen molar-refractivity contribution in [2.24, 2.45) is 10.7 Å². The van der Waals surface area contributed by atoms with Crippen LogP contribution in [0.2, 0.25) is 0 Å². The van der Waals surface area contributed by atoms with E-state index in [0.717, 1.165) is 27.8 Å². The Labute approximate surface area is 248 Å². The average molecular weight is 558 g/mol. The van der Waals surface area contributed by atoms with E-state index in [4.69, 9.17) is 11.1 Å². The molecule has 4 heteroatoms. The Hall–Kier alpha value is -5.32. The molecule has 0 spiro atoms. The van der Waals surface area contributed by atoms with Gasteiger partial charge in [0.1, 0.15) is 5.84 Å². The number of benzene rings is 6. The zero-order chi connectivity index (χ0) is 28.5. The Balaban J connectivity index is 1.17. The highest BCUT2D eigenvalue weighted by atomic mass is 32.1. The van der Waals surface area contributed by atoms with Gasteiger partial charge in [-0.1, -0.05) is 127 Å². The standard InChI is InChI=1S/C38H27N3S/c39-37(41-38(40)31-14-7-13-29(23-31)25-9-3-1-4-10-25)28-19-17-27(18-20-28)32-15-8-16-33-34-24-30(26-11-5-2-6-12-26)21-22-35(34)42-36(32)33/h1-24H,(H3,39,40,41). The lowest BCUT2D eigenvalue weighted by Crippen LogP contribution is -2.16. The number of nitrogens with one attached hydrogen (secondary N) is 1. The summed E-state index contributed by atoms with van der Waals surface area (Å²) in [6.45, 7) is 0. The van der Waals surface area contributed by atoms with Gasteiger partial charge in [0.2, 0.25) is 0 Å². The lowest BCUT2D eigenvalue weighted by molar-refractivity contribution is 1.40. The molecule has 3 N–H and O–H groups in total. The van der Waals surface area contributed by atoms with Crippen LogP contribution in [-0.4, -0.2) is 11.7 Å². The van der Waals surface area contributed by atoms with E-state index < -0.39 is 0 Å². The fourth-order valence-corrected chi connectivity index (χ4v) is 6.60. The van der Waals surface area contributed by atoms with Crippen LogP contribution in [0.4, 0.5) is 0 Å². The first kappa shape index (κ1) is 25.6. The summed E-state index contributed by atoms with van der Waals surface area (Å²) in [5, 5.41) is 11.2. The molecule has 0 aliphatic heterocycles. The molecule has 3 nitrogen and oxygen atoms in total. The van der Waals surface area contributed by atoms with Crippen molar-refractivity contribution in [2.45, 2.75) is 0 Å². The molecule has 1 heterocycles.